The summed E-state index contributed by atoms with van der Waals surface area (Å²) in [6, 6.07) is 13.4. The quantitative estimate of drug-likeness (QED) is 0.188. The summed E-state index contributed by atoms with van der Waals surface area (Å²) in [5, 5.41) is 3.92. The highest BCUT2D eigenvalue weighted by molar-refractivity contribution is 6.31. The molecule has 39 heavy (non-hydrogen) atoms. The minimum Gasteiger partial charge on any atom is -0.492 e. The zero-order valence-electron chi connectivity index (χ0n) is 22.4. The van der Waals surface area contributed by atoms with Crippen LogP contribution in [0.15, 0.2) is 42.5 Å². The SMILES string of the molecule is O=C(CCOc1c2ccccc2c(OCCC(=O)OC2CCCCC2)c2cc(Cl)ccc12)OC1CCCCC1. The second-order valence-corrected chi connectivity index (χ2v) is 11.0. The number of hydrogen-bond acceptors (Lipinski definition) is 6. The Bertz CT molecular complexity index is 1290. The third-order valence-electron chi connectivity index (χ3n) is 7.69. The molecule has 0 amide bonds. The molecule has 2 fully saturated rings. The van der Waals surface area contributed by atoms with Gasteiger partial charge in [-0.2, -0.15) is 0 Å². The van der Waals surface area contributed by atoms with E-state index >= 15 is 0 Å². The van der Waals surface area contributed by atoms with Gasteiger partial charge in [-0.25, -0.2) is 0 Å². The summed E-state index contributed by atoms with van der Waals surface area (Å²) in [7, 11) is 0. The van der Waals surface area contributed by atoms with E-state index in [0.29, 0.717) is 16.5 Å². The first-order valence-corrected chi connectivity index (χ1v) is 14.7. The molecule has 0 aliphatic heterocycles. The van der Waals surface area contributed by atoms with Crippen molar-refractivity contribution in [2.45, 2.75) is 89.3 Å². The first-order valence-electron chi connectivity index (χ1n) is 14.4. The molecule has 0 radical (unpaired) electrons. The number of ether oxygens (including phenoxy) is 4. The van der Waals surface area contributed by atoms with E-state index in [4.69, 9.17) is 30.5 Å². The maximum absolute atomic E-state index is 12.5. The van der Waals surface area contributed by atoms with E-state index < -0.39 is 0 Å². The predicted molar refractivity (Wildman–Crippen MR) is 153 cm³/mol. The molecule has 0 spiro atoms. The number of esters is 2. The molecule has 0 N–H and O–H groups in total. The topological polar surface area (TPSA) is 71.1 Å². The molecule has 5 rings (SSSR count). The molecule has 0 bridgehead atoms. The van der Waals surface area contributed by atoms with Crippen LogP contribution in [0.1, 0.15) is 77.0 Å². The Morgan fingerprint density at radius 3 is 1.62 bits per heavy atom. The fourth-order valence-electron chi connectivity index (χ4n) is 5.71. The number of carbonyl (C=O) groups is 2. The fourth-order valence-corrected chi connectivity index (χ4v) is 5.88. The monoisotopic (exact) mass is 552 g/mol. The molecule has 0 saturated heterocycles. The standard InChI is InChI=1S/C32H37ClO6/c33-22-15-16-27-28(21-22)32(37-20-18-30(35)39-24-11-5-2-6-12-24)26-14-8-7-13-25(26)31(27)36-19-17-29(34)38-23-9-3-1-4-10-23/h7-8,13-16,21,23-24H,1-6,9-12,17-20H2. The van der Waals surface area contributed by atoms with Crippen molar-refractivity contribution in [2.24, 2.45) is 0 Å². The third-order valence-corrected chi connectivity index (χ3v) is 7.93. The number of carbonyl (C=O) groups excluding carboxylic acids is 2. The summed E-state index contributed by atoms with van der Waals surface area (Å²) < 4.78 is 23.8. The van der Waals surface area contributed by atoms with Crippen molar-refractivity contribution >= 4 is 45.1 Å². The summed E-state index contributed by atoms with van der Waals surface area (Å²) in [6.45, 7) is 0.408. The predicted octanol–water partition coefficient (Wildman–Crippen LogP) is 7.94. The van der Waals surface area contributed by atoms with Crippen LogP contribution in [-0.2, 0) is 19.1 Å². The van der Waals surface area contributed by atoms with Crippen LogP contribution in [0.4, 0.5) is 0 Å². The van der Waals surface area contributed by atoms with E-state index in [1.165, 1.54) is 12.8 Å². The molecule has 0 heterocycles. The van der Waals surface area contributed by atoms with E-state index in [1.54, 1.807) is 0 Å². The van der Waals surface area contributed by atoms with Crippen LogP contribution in [0.25, 0.3) is 21.5 Å². The Morgan fingerprint density at radius 2 is 1.10 bits per heavy atom. The van der Waals surface area contributed by atoms with Gasteiger partial charge in [0.25, 0.3) is 0 Å². The number of benzene rings is 3. The molecule has 2 aliphatic rings. The Balaban J connectivity index is 1.30. The maximum Gasteiger partial charge on any atom is 0.309 e. The van der Waals surface area contributed by atoms with Gasteiger partial charge in [-0.3, -0.25) is 9.59 Å². The Labute approximate surface area is 234 Å². The largest absolute Gasteiger partial charge is 0.492 e. The lowest BCUT2D eigenvalue weighted by atomic mass is 9.98. The molecule has 6 nitrogen and oxygen atoms in total. The third kappa shape index (κ3) is 7.16. The Hall–Kier alpha value is -2.99. The van der Waals surface area contributed by atoms with Gasteiger partial charge in [-0.1, -0.05) is 48.7 Å². The van der Waals surface area contributed by atoms with Crippen molar-refractivity contribution in [2.75, 3.05) is 13.2 Å². The highest BCUT2D eigenvalue weighted by Crippen LogP contribution is 2.43. The number of fused-ring (bicyclic) bond motifs is 2. The van der Waals surface area contributed by atoms with Gasteiger partial charge in [0.05, 0.1) is 26.1 Å². The molecule has 0 unspecified atom stereocenters. The van der Waals surface area contributed by atoms with Crippen molar-refractivity contribution < 1.29 is 28.5 Å². The molecule has 7 heteroatoms. The van der Waals surface area contributed by atoms with E-state index in [9.17, 15) is 9.59 Å². The molecule has 0 aromatic heterocycles. The normalized spacial score (nSPS) is 16.7. The zero-order valence-corrected chi connectivity index (χ0v) is 23.2. The van der Waals surface area contributed by atoms with Crippen molar-refractivity contribution in [3.8, 4) is 11.5 Å². The van der Waals surface area contributed by atoms with Crippen LogP contribution < -0.4 is 9.47 Å². The van der Waals surface area contributed by atoms with E-state index in [-0.39, 0.29) is 50.2 Å². The average molecular weight is 553 g/mol. The number of hydrogen-bond donors (Lipinski definition) is 0. The first kappa shape index (κ1) is 27.6. The van der Waals surface area contributed by atoms with Gasteiger partial charge in [-0.05, 0) is 69.6 Å². The van der Waals surface area contributed by atoms with Gasteiger partial charge in [0.2, 0.25) is 0 Å². The summed E-state index contributed by atoms with van der Waals surface area (Å²) in [5.74, 6) is 0.872. The van der Waals surface area contributed by atoms with Crippen LogP contribution in [0.3, 0.4) is 0 Å². The Kier molecular flexibility index (Phi) is 9.46. The second kappa shape index (κ2) is 13.4. The summed E-state index contributed by atoms with van der Waals surface area (Å²) in [6.07, 6.45) is 11.1. The highest BCUT2D eigenvalue weighted by atomic mass is 35.5. The van der Waals surface area contributed by atoms with Crippen molar-refractivity contribution in [3.63, 3.8) is 0 Å². The van der Waals surface area contributed by atoms with Gasteiger partial charge >= 0.3 is 11.9 Å². The Morgan fingerprint density at radius 1 is 0.641 bits per heavy atom. The molecule has 2 saturated carbocycles. The van der Waals surface area contributed by atoms with Crippen LogP contribution in [0.2, 0.25) is 5.02 Å². The van der Waals surface area contributed by atoms with E-state index in [0.717, 1.165) is 72.9 Å². The molecule has 2 aliphatic carbocycles. The lowest BCUT2D eigenvalue weighted by molar-refractivity contribution is -0.152. The van der Waals surface area contributed by atoms with Gasteiger partial charge in [0.1, 0.15) is 23.7 Å². The summed E-state index contributed by atoms with van der Waals surface area (Å²) in [5.41, 5.74) is 0. The van der Waals surface area contributed by atoms with Crippen molar-refractivity contribution in [1.29, 1.82) is 0 Å². The molecule has 3 aromatic carbocycles. The molecular formula is C32H37ClO6. The lowest BCUT2D eigenvalue weighted by Gasteiger charge is -2.22. The lowest BCUT2D eigenvalue weighted by Crippen LogP contribution is -2.22. The van der Waals surface area contributed by atoms with Crippen LogP contribution in [-0.4, -0.2) is 37.4 Å². The minimum absolute atomic E-state index is 0.0306. The van der Waals surface area contributed by atoms with Gasteiger partial charge in [0, 0.05) is 26.6 Å². The van der Waals surface area contributed by atoms with Crippen LogP contribution >= 0.6 is 11.6 Å². The van der Waals surface area contributed by atoms with Crippen molar-refractivity contribution in [3.05, 3.63) is 47.5 Å². The smallest absolute Gasteiger partial charge is 0.309 e. The average Bonchev–Trinajstić information content (AvgIpc) is 2.95. The zero-order chi connectivity index (χ0) is 27.0. The highest BCUT2D eigenvalue weighted by Gasteiger charge is 2.21. The van der Waals surface area contributed by atoms with Crippen LogP contribution in [0.5, 0.6) is 11.5 Å². The van der Waals surface area contributed by atoms with E-state index in [1.807, 2.05) is 42.5 Å². The minimum atomic E-state index is -0.228. The summed E-state index contributed by atoms with van der Waals surface area (Å²) >= 11 is 6.39. The van der Waals surface area contributed by atoms with Crippen LogP contribution in [0, 0.1) is 0 Å². The summed E-state index contributed by atoms with van der Waals surface area (Å²) in [4.78, 5) is 24.9. The van der Waals surface area contributed by atoms with E-state index in [2.05, 4.69) is 0 Å². The number of rotatable bonds is 10. The molecule has 208 valence electrons. The van der Waals surface area contributed by atoms with Gasteiger partial charge in [-0.15, -0.1) is 0 Å². The maximum atomic E-state index is 12.5. The van der Waals surface area contributed by atoms with Gasteiger partial charge in [0.15, 0.2) is 0 Å². The fraction of sp³-hybridized carbons (Fsp3) is 0.500. The molecule has 3 aromatic rings. The number of halogens is 1. The molecular weight excluding hydrogens is 516 g/mol. The molecule has 0 atom stereocenters. The van der Waals surface area contributed by atoms with Gasteiger partial charge < -0.3 is 18.9 Å². The second-order valence-electron chi connectivity index (χ2n) is 10.6. The first-order chi connectivity index (χ1) is 19.1. The van der Waals surface area contributed by atoms with Crippen molar-refractivity contribution in [1.82, 2.24) is 0 Å².